The molecule has 0 bridgehead atoms. The van der Waals surface area contributed by atoms with Gasteiger partial charge in [0, 0.05) is 43.5 Å². The third-order valence-electron chi connectivity index (χ3n) is 4.29. The molecule has 0 aliphatic heterocycles. The van der Waals surface area contributed by atoms with Gasteiger partial charge in [0.1, 0.15) is 5.69 Å². The molecule has 7 nitrogen and oxygen atoms in total. The Morgan fingerprint density at radius 3 is 2.68 bits per heavy atom. The van der Waals surface area contributed by atoms with Crippen LogP contribution in [0.2, 0.25) is 5.02 Å². The van der Waals surface area contributed by atoms with Gasteiger partial charge in [0.2, 0.25) is 0 Å². The van der Waals surface area contributed by atoms with E-state index >= 15 is 0 Å². The van der Waals surface area contributed by atoms with Gasteiger partial charge in [-0.3, -0.25) is 14.3 Å². The minimum Gasteiger partial charge on any atom is -0.381 e. The van der Waals surface area contributed by atoms with Crippen LogP contribution in [-0.2, 0) is 0 Å². The number of nitrogen functional groups attached to an aromatic ring is 1. The fraction of sp³-hybridized carbons (Fsp3) is 0.100. The first-order valence-electron chi connectivity index (χ1n) is 8.53. The van der Waals surface area contributed by atoms with Crippen LogP contribution in [0.4, 0.5) is 11.6 Å². The van der Waals surface area contributed by atoms with E-state index in [1.54, 1.807) is 35.5 Å². The molecule has 0 spiro atoms. The van der Waals surface area contributed by atoms with E-state index < -0.39 is 0 Å². The number of fused-ring (bicyclic) bond motifs is 1. The largest absolute Gasteiger partial charge is 0.381 e. The third kappa shape index (κ3) is 3.05. The van der Waals surface area contributed by atoms with Crippen LogP contribution in [0.3, 0.4) is 0 Å². The highest BCUT2D eigenvalue weighted by atomic mass is 35.5. The second-order valence-electron chi connectivity index (χ2n) is 6.44. The van der Waals surface area contributed by atoms with Gasteiger partial charge in [-0.25, -0.2) is 9.97 Å². The highest BCUT2D eigenvalue weighted by Crippen LogP contribution is 2.33. The first-order chi connectivity index (χ1) is 13.5. The topological polar surface area (TPSA) is 89.9 Å². The predicted octanol–water partition coefficient (Wildman–Crippen LogP) is 3.14. The van der Waals surface area contributed by atoms with Gasteiger partial charge in [0.25, 0.3) is 5.56 Å². The molecule has 140 valence electrons. The van der Waals surface area contributed by atoms with Gasteiger partial charge in [-0.15, -0.1) is 0 Å². The lowest BCUT2D eigenvalue weighted by atomic mass is 10.1. The van der Waals surface area contributed by atoms with Crippen molar-refractivity contribution in [1.29, 1.82) is 0 Å². The van der Waals surface area contributed by atoms with Crippen molar-refractivity contribution < 1.29 is 0 Å². The molecule has 2 N–H and O–H groups in total. The molecule has 0 amide bonds. The maximum atomic E-state index is 12.4. The molecule has 0 saturated carbocycles. The van der Waals surface area contributed by atoms with Crippen LogP contribution in [0.15, 0.2) is 59.7 Å². The molecule has 4 aromatic rings. The summed E-state index contributed by atoms with van der Waals surface area (Å²) in [6.07, 6.45) is 3.32. The van der Waals surface area contributed by atoms with E-state index in [4.69, 9.17) is 22.3 Å². The van der Waals surface area contributed by atoms with Crippen molar-refractivity contribution in [3.8, 4) is 17.1 Å². The van der Waals surface area contributed by atoms with Crippen LogP contribution < -0.4 is 16.2 Å². The van der Waals surface area contributed by atoms with Crippen molar-refractivity contribution in [3.05, 3.63) is 70.2 Å². The lowest BCUT2D eigenvalue weighted by molar-refractivity contribution is 0.924. The minimum absolute atomic E-state index is 0.230. The van der Waals surface area contributed by atoms with Crippen LogP contribution in [0.25, 0.3) is 28.0 Å². The Balaban J connectivity index is 2.06. The fourth-order valence-corrected chi connectivity index (χ4v) is 3.28. The molecule has 3 aromatic heterocycles. The lowest BCUT2D eigenvalue weighted by Gasteiger charge is -2.18. The molecule has 1 aromatic carbocycles. The highest BCUT2D eigenvalue weighted by Gasteiger charge is 2.18. The summed E-state index contributed by atoms with van der Waals surface area (Å²) in [5.74, 6) is 1.08. The van der Waals surface area contributed by atoms with Crippen molar-refractivity contribution in [3.63, 3.8) is 0 Å². The van der Waals surface area contributed by atoms with E-state index in [-0.39, 0.29) is 11.4 Å². The number of hydrogen-bond donors (Lipinski definition) is 1. The van der Waals surface area contributed by atoms with Crippen LogP contribution in [-0.4, -0.2) is 33.6 Å². The SMILES string of the molecule is CN(C)c1nc(-c2cc(Cl)c3ncccc3c2)c(-n2ccccc2=O)nc1N. The minimum atomic E-state index is -0.233. The van der Waals surface area contributed by atoms with Gasteiger partial charge in [-0.1, -0.05) is 23.7 Å². The average Bonchev–Trinajstić information content (AvgIpc) is 2.68. The maximum absolute atomic E-state index is 12.4. The van der Waals surface area contributed by atoms with E-state index in [0.29, 0.717) is 33.4 Å². The highest BCUT2D eigenvalue weighted by molar-refractivity contribution is 6.35. The zero-order chi connectivity index (χ0) is 19.8. The van der Waals surface area contributed by atoms with Gasteiger partial charge in [-0.2, -0.15) is 0 Å². The molecule has 0 saturated heterocycles. The van der Waals surface area contributed by atoms with Gasteiger partial charge in [0.15, 0.2) is 17.5 Å². The molecule has 28 heavy (non-hydrogen) atoms. The number of anilines is 2. The number of aromatic nitrogens is 4. The quantitative estimate of drug-likeness (QED) is 0.576. The number of hydrogen-bond acceptors (Lipinski definition) is 6. The van der Waals surface area contributed by atoms with Crippen LogP contribution in [0, 0.1) is 0 Å². The first kappa shape index (κ1) is 17.9. The second-order valence-corrected chi connectivity index (χ2v) is 6.85. The molecule has 0 atom stereocenters. The molecular weight excluding hydrogens is 376 g/mol. The van der Waals surface area contributed by atoms with Crippen LogP contribution >= 0.6 is 11.6 Å². The number of pyridine rings is 2. The lowest BCUT2D eigenvalue weighted by Crippen LogP contribution is -2.21. The summed E-state index contributed by atoms with van der Waals surface area (Å²) in [7, 11) is 3.66. The molecule has 0 radical (unpaired) electrons. The molecule has 0 fully saturated rings. The zero-order valence-corrected chi connectivity index (χ0v) is 16.1. The Morgan fingerprint density at radius 1 is 1.11 bits per heavy atom. The van der Waals surface area contributed by atoms with E-state index in [1.807, 2.05) is 32.3 Å². The number of rotatable bonds is 3. The van der Waals surface area contributed by atoms with Crippen molar-refractivity contribution in [2.75, 3.05) is 24.7 Å². The van der Waals surface area contributed by atoms with Gasteiger partial charge in [0.05, 0.1) is 10.5 Å². The van der Waals surface area contributed by atoms with E-state index in [2.05, 4.69) is 9.97 Å². The molecule has 0 aliphatic rings. The van der Waals surface area contributed by atoms with E-state index in [9.17, 15) is 4.79 Å². The Labute approximate surface area is 166 Å². The number of nitrogens with two attached hydrogens (primary N) is 1. The van der Waals surface area contributed by atoms with Crippen LogP contribution in [0.1, 0.15) is 0 Å². The zero-order valence-electron chi connectivity index (χ0n) is 15.3. The van der Waals surface area contributed by atoms with Crippen molar-refractivity contribution in [1.82, 2.24) is 19.5 Å². The van der Waals surface area contributed by atoms with Gasteiger partial charge >= 0.3 is 0 Å². The Hall–Kier alpha value is -3.45. The summed E-state index contributed by atoms with van der Waals surface area (Å²) in [5, 5.41) is 1.35. The summed E-state index contributed by atoms with van der Waals surface area (Å²) in [6.45, 7) is 0. The number of benzene rings is 1. The van der Waals surface area contributed by atoms with Crippen molar-refractivity contribution >= 4 is 34.1 Å². The standard InChI is InChI=1S/C20H17ClN6O/c1-26(2)20-18(22)25-19(27-9-4-3-7-15(27)28)17(24-20)13-10-12-6-5-8-23-16(12)14(21)11-13/h3-11H,1-2H3,(H2,22,25). The summed E-state index contributed by atoms with van der Waals surface area (Å²) in [4.78, 5) is 27.7. The van der Waals surface area contributed by atoms with E-state index in [0.717, 1.165) is 5.39 Å². The maximum Gasteiger partial charge on any atom is 0.256 e. The summed E-state index contributed by atoms with van der Waals surface area (Å²) in [5.41, 5.74) is 7.79. The van der Waals surface area contributed by atoms with Crippen molar-refractivity contribution in [2.45, 2.75) is 0 Å². The van der Waals surface area contributed by atoms with Gasteiger partial charge in [-0.05, 0) is 24.3 Å². The Morgan fingerprint density at radius 2 is 1.93 bits per heavy atom. The predicted molar refractivity (Wildman–Crippen MR) is 112 cm³/mol. The van der Waals surface area contributed by atoms with Gasteiger partial charge < -0.3 is 10.6 Å². The summed E-state index contributed by atoms with van der Waals surface area (Å²) < 4.78 is 1.42. The molecule has 0 aliphatic carbocycles. The molecule has 4 rings (SSSR count). The fourth-order valence-electron chi connectivity index (χ4n) is 3.01. The second kappa shape index (κ2) is 6.94. The molecule has 3 heterocycles. The summed E-state index contributed by atoms with van der Waals surface area (Å²) in [6, 6.07) is 12.3. The Kier molecular flexibility index (Phi) is 4.44. The monoisotopic (exact) mass is 392 g/mol. The molecule has 8 heteroatoms. The number of halogens is 1. The van der Waals surface area contributed by atoms with E-state index in [1.165, 1.54) is 10.6 Å². The van der Waals surface area contributed by atoms with Crippen molar-refractivity contribution in [2.24, 2.45) is 0 Å². The normalized spacial score (nSPS) is 11.0. The third-order valence-corrected chi connectivity index (χ3v) is 4.58. The smallest absolute Gasteiger partial charge is 0.256 e. The molecule has 0 unspecified atom stereocenters. The average molecular weight is 393 g/mol. The molecular formula is C20H17ClN6O. The first-order valence-corrected chi connectivity index (χ1v) is 8.91. The van der Waals surface area contributed by atoms with Crippen LogP contribution in [0.5, 0.6) is 0 Å². The number of nitrogens with zero attached hydrogens (tertiary/aromatic N) is 5. The Bertz CT molecular complexity index is 1250. The summed E-state index contributed by atoms with van der Waals surface area (Å²) >= 11 is 6.46.